The summed E-state index contributed by atoms with van der Waals surface area (Å²) in [7, 11) is 3.77. The predicted octanol–water partition coefficient (Wildman–Crippen LogP) is 2.80. The average Bonchev–Trinajstić information content (AvgIpc) is 2.14. The normalized spacial score (nSPS) is 12.2. The molecule has 0 spiro atoms. The second-order valence-electron chi connectivity index (χ2n) is 3.50. The first-order valence-corrected chi connectivity index (χ1v) is 6.04. The minimum atomic E-state index is -4.57. The van der Waals surface area contributed by atoms with Crippen LogP contribution in [0.1, 0.15) is 5.82 Å². The van der Waals surface area contributed by atoms with E-state index in [2.05, 4.69) is 9.97 Å². The first kappa shape index (κ1) is 14.5. The van der Waals surface area contributed by atoms with E-state index in [4.69, 9.17) is 11.6 Å². The van der Waals surface area contributed by atoms with Gasteiger partial charge in [0.05, 0.1) is 0 Å². The molecule has 1 heterocycles. The number of hydrogen-bond donors (Lipinski definition) is 0. The molecule has 0 aromatic carbocycles. The number of hydrogen-bond acceptors (Lipinski definition) is 4. The molecule has 0 fully saturated rings. The highest BCUT2D eigenvalue weighted by Gasteiger charge is 2.35. The lowest BCUT2D eigenvalue weighted by molar-refractivity contribution is -0.145. The fourth-order valence-corrected chi connectivity index (χ4v) is 2.19. The van der Waals surface area contributed by atoms with E-state index in [9.17, 15) is 13.2 Å². The maximum Gasteiger partial charge on any atom is 0.451 e. The summed E-state index contributed by atoms with van der Waals surface area (Å²) in [6, 6.07) is 1.33. The Hall–Kier alpha value is -0.530. The van der Waals surface area contributed by atoms with Crippen LogP contribution in [0.4, 0.5) is 13.2 Å². The first-order chi connectivity index (χ1) is 7.79. The minimum Gasteiger partial charge on any atom is -0.309 e. The standard InChI is InChI=1S/C9H11ClF3N3S/c1-16(2)3-4-17-7-5-6(10)14-8(15-7)9(11,12)13/h5H,3-4H2,1-2H3. The van der Waals surface area contributed by atoms with Gasteiger partial charge in [0.1, 0.15) is 10.2 Å². The molecule has 0 aliphatic rings. The van der Waals surface area contributed by atoms with Gasteiger partial charge in [-0.15, -0.1) is 11.8 Å². The summed E-state index contributed by atoms with van der Waals surface area (Å²) < 4.78 is 37.2. The Morgan fingerprint density at radius 3 is 2.53 bits per heavy atom. The quantitative estimate of drug-likeness (QED) is 0.628. The summed E-state index contributed by atoms with van der Waals surface area (Å²) in [6.07, 6.45) is -4.57. The van der Waals surface area contributed by atoms with E-state index in [1.165, 1.54) is 17.8 Å². The van der Waals surface area contributed by atoms with Crippen molar-refractivity contribution in [2.45, 2.75) is 11.2 Å². The van der Waals surface area contributed by atoms with Gasteiger partial charge in [-0.25, -0.2) is 9.97 Å². The van der Waals surface area contributed by atoms with E-state index in [0.29, 0.717) is 5.75 Å². The highest BCUT2D eigenvalue weighted by Crippen LogP contribution is 2.29. The molecule has 0 amide bonds. The summed E-state index contributed by atoms with van der Waals surface area (Å²) in [5.74, 6) is -0.560. The highest BCUT2D eigenvalue weighted by atomic mass is 35.5. The van der Waals surface area contributed by atoms with Crippen molar-refractivity contribution in [3.63, 3.8) is 0 Å². The summed E-state index contributed by atoms with van der Waals surface area (Å²) in [5.41, 5.74) is 0. The molecule has 1 aromatic heterocycles. The van der Waals surface area contributed by atoms with E-state index >= 15 is 0 Å². The number of nitrogens with zero attached hydrogens (tertiary/aromatic N) is 3. The third kappa shape index (κ3) is 5.10. The van der Waals surface area contributed by atoms with Crippen LogP contribution in [0, 0.1) is 0 Å². The zero-order valence-electron chi connectivity index (χ0n) is 9.25. The van der Waals surface area contributed by atoms with E-state index < -0.39 is 12.0 Å². The zero-order valence-corrected chi connectivity index (χ0v) is 10.8. The van der Waals surface area contributed by atoms with Crippen LogP contribution in [0.5, 0.6) is 0 Å². The molecule has 0 bridgehead atoms. The number of rotatable bonds is 4. The van der Waals surface area contributed by atoms with E-state index in [1.807, 2.05) is 19.0 Å². The molecule has 0 aliphatic heterocycles. The Bertz CT molecular complexity index is 384. The smallest absolute Gasteiger partial charge is 0.309 e. The Kier molecular flexibility index (Phi) is 5.03. The minimum absolute atomic E-state index is 0.195. The Balaban J connectivity index is 2.76. The van der Waals surface area contributed by atoms with Crippen LogP contribution in [0.15, 0.2) is 11.1 Å². The molecule has 0 atom stereocenters. The maximum atomic E-state index is 12.4. The van der Waals surface area contributed by atoms with Crippen molar-refractivity contribution in [1.82, 2.24) is 14.9 Å². The lowest BCUT2D eigenvalue weighted by atomic mass is 10.5. The molecule has 1 aromatic rings. The SMILES string of the molecule is CN(C)CCSc1cc(Cl)nc(C(F)(F)F)n1. The van der Waals surface area contributed by atoms with Crippen molar-refractivity contribution >= 4 is 23.4 Å². The summed E-state index contributed by atoms with van der Waals surface area (Å²) in [6.45, 7) is 0.744. The van der Waals surface area contributed by atoms with Gasteiger partial charge in [-0.2, -0.15) is 13.2 Å². The lowest BCUT2D eigenvalue weighted by Gasteiger charge is -2.10. The van der Waals surface area contributed by atoms with Crippen LogP contribution in [0.3, 0.4) is 0 Å². The van der Waals surface area contributed by atoms with Crippen LogP contribution >= 0.6 is 23.4 Å². The van der Waals surface area contributed by atoms with Crippen LogP contribution < -0.4 is 0 Å². The maximum absolute atomic E-state index is 12.4. The fourth-order valence-electron chi connectivity index (χ4n) is 0.930. The van der Waals surface area contributed by atoms with Crippen molar-refractivity contribution in [1.29, 1.82) is 0 Å². The van der Waals surface area contributed by atoms with E-state index in [-0.39, 0.29) is 10.2 Å². The monoisotopic (exact) mass is 285 g/mol. The Morgan fingerprint density at radius 1 is 1.35 bits per heavy atom. The molecule has 8 heteroatoms. The van der Waals surface area contributed by atoms with Crippen molar-refractivity contribution in [3.8, 4) is 0 Å². The van der Waals surface area contributed by atoms with E-state index in [0.717, 1.165) is 6.54 Å². The fraction of sp³-hybridized carbons (Fsp3) is 0.556. The molecular weight excluding hydrogens is 275 g/mol. The Morgan fingerprint density at radius 2 is 2.00 bits per heavy atom. The van der Waals surface area contributed by atoms with Gasteiger partial charge in [0.2, 0.25) is 5.82 Å². The predicted molar refractivity (Wildman–Crippen MR) is 61.3 cm³/mol. The third-order valence-corrected chi connectivity index (χ3v) is 2.80. The topological polar surface area (TPSA) is 29.0 Å². The summed E-state index contributed by atoms with van der Waals surface area (Å²) in [5, 5.41) is 0.0406. The van der Waals surface area contributed by atoms with Crippen LogP contribution in [0.2, 0.25) is 5.15 Å². The molecule has 0 aliphatic carbocycles. The van der Waals surface area contributed by atoms with Crippen molar-refractivity contribution in [3.05, 3.63) is 17.0 Å². The van der Waals surface area contributed by atoms with E-state index in [1.54, 1.807) is 0 Å². The average molecular weight is 286 g/mol. The molecule has 1 rings (SSSR count). The van der Waals surface area contributed by atoms with Crippen molar-refractivity contribution in [2.75, 3.05) is 26.4 Å². The van der Waals surface area contributed by atoms with Crippen molar-refractivity contribution in [2.24, 2.45) is 0 Å². The summed E-state index contributed by atoms with van der Waals surface area (Å²) in [4.78, 5) is 8.51. The van der Waals surface area contributed by atoms with Gasteiger partial charge in [-0.05, 0) is 14.1 Å². The molecule has 0 radical (unpaired) electrons. The Labute approximate surface area is 106 Å². The molecule has 96 valence electrons. The molecule has 17 heavy (non-hydrogen) atoms. The van der Waals surface area contributed by atoms with Gasteiger partial charge in [0.25, 0.3) is 0 Å². The van der Waals surface area contributed by atoms with Gasteiger partial charge in [-0.1, -0.05) is 11.6 Å². The second kappa shape index (κ2) is 5.88. The second-order valence-corrected chi connectivity index (χ2v) is 5.00. The van der Waals surface area contributed by atoms with Gasteiger partial charge < -0.3 is 4.90 Å². The number of thioether (sulfide) groups is 1. The number of halogens is 4. The molecule has 0 N–H and O–H groups in total. The van der Waals surface area contributed by atoms with Gasteiger partial charge in [0, 0.05) is 18.4 Å². The van der Waals surface area contributed by atoms with Crippen LogP contribution in [0.25, 0.3) is 0 Å². The van der Waals surface area contributed by atoms with Gasteiger partial charge in [-0.3, -0.25) is 0 Å². The largest absolute Gasteiger partial charge is 0.451 e. The number of alkyl halides is 3. The molecule has 0 unspecified atom stereocenters. The lowest BCUT2D eigenvalue weighted by Crippen LogP contribution is -2.15. The zero-order chi connectivity index (χ0) is 13.1. The summed E-state index contributed by atoms with van der Waals surface area (Å²) >= 11 is 6.74. The molecule has 0 saturated carbocycles. The van der Waals surface area contributed by atoms with Gasteiger partial charge >= 0.3 is 6.18 Å². The first-order valence-electron chi connectivity index (χ1n) is 4.68. The van der Waals surface area contributed by atoms with Gasteiger partial charge in [0.15, 0.2) is 0 Å². The molecular formula is C9H11ClF3N3S. The molecule has 3 nitrogen and oxygen atoms in total. The number of aromatic nitrogens is 2. The van der Waals surface area contributed by atoms with Crippen LogP contribution in [-0.4, -0.2) is 41.3 Å². The highest BCUT2D eigenvalue weighted by molar-refractivity contribution is 7.99. The van der Waals surface area contributed by atoms with Crippen LogP contribution in [-0.2, 0) is 6.18 Å². The van der Waals surface area contributed by atoms with Crippen molar-refractivity contribution < 1.29 is 13.2 Å². The molecule has 0 saturated heterocycles. The third-order valence-electron chi connectivity index (χ3n) is 1.71.